The van der Waals surface area contributed by atoms with Crippen molar-refractivity contribution in [2.45, 2.75) is 50.4 Å². The fourth-order valence-corrected chi connectivity index (χ4v) is 4.50. The smallest absolute Gasteiger partial charge is 0.408 e. The second kappa shape index (κ2) is 9.51. The fourth-order valence-electron chi connectivity index (χ4n) is 4.50. The van der Waals surface area contributed by atoms with Gasteiger partial charge in [0.05, 0.1) is 24.1 Å². The Morgan fingerprint density at radius 3 is 2.63 bits per heavy atom. The molecular formula is C23H23F4N5O3. The van der Waals surface area contributed by atoms with Crippen LogP contribution in [0.1, 0.15) is 48.5 Å². The second-order valence-corrected chi connectivity index (χ2v) is 8.57. The molecular weight excluding hydrogens is 470 g/mol. The van der Waals surface area contributed by atoms with Crippen LogP contribution in [-0.4, -0.2) is 43.9 Å². The molecule has 0 aliphatic carbocycles. The molecule has 1 aromatic carbocycles. The third-order valence-electron chi connectivity index (χ3n) is 6.22. The summed E-state index contributed by atoms with van der Waals surface area (Å²) in [5.74, 6) is -2.26. The second-order valence-electron chi connectivity index (χ2n) is 8.57. The minimum atomic E-state index is -4.50. The summed E-state index contributed by atoms with van der Waals surface area (Å²) in [6, 6.07) is 4.77. The van der Waals surface area contributed by atoms with Crippen molar-refractivity contribution < 1.29 is 32.3 Å². The molecule has 186 valence electrons. The molecule has 0 radical (unpaired) electrons. The number of amides is 2. The van der Waals surface area contributed by atoms with Crippen LogP contribution < -0.4 is 10.6 Å². The molecule has 2 amide bonds. The van der Waals surface area contributed by atoms with Gasteiger partial charge in [0, 0.05) is 11.8 Å². The Morgan fingerprint density at radius 2 is 2.03 bits per heavy atom. The summed E-state index contributed by atoms with van der Waals surface area (Å²) in [4.78, 5) is 28.1. The molecule has 12 heteroatoms. The van der Waals surface area contributed by atoms with Crippen LogP contribution in [0.2, 0.25) is 0 Å². The average Bonchev–Trinajstić information content (AvgIpc) is 3.37. The van der Waals surface area contributed by atoms with Crippen molar-refractivity contribution in [2.24, 2.45) is 5.92 Å². The highest BCUT2D eigenvalue weighted by molar-refractivity contribution is 5.81. The number of nitrogens with zero attached hydrogens (tertiary/aromatic N) is 3. The van der Waals surface area contributed by atoms with Gasteiger partial charge in [-0.2, -0.15) is 18.3 Å². The fraction of sp³-hybridized carbons (Fsp3) is 0.391. The maximum atomic E-state index is 13.4. The largest absolute Gasteiger partial charge is 0.465 e. The van der Waals surface area contributed by atoms with Crippen LogP contribution in [0.15, 0.2) is 42.7 Å². The number of carbonyl (C=O) groups is 2. The van der Waals surface area contributed by atoms with Gasteiger partial charge in [-0.1, -0.05) is 19.1 Å². The van der Waals surface area contributed by atoms with Gasteiger partial charge >= 0.3 is 12.3 Å². The number of carbonyl (C=O) groups excluding carboxylic acids is 1. The van der Waals surface area contributed by atoms with Gasteiger partial charge in [-0.15, -0.1) is 0 Å². The van der Waals surface area contributed by atoms with Crippen LogP contribution in [0.5, 0.6) is 0 Å². The van der Waals surface area contributed by atoms with E-state index in [1.807, 2.05) is 12.2 Å². The normalized spacial score (nSPS) is 20.0. The van der Waals surface area contributed by atoms with E-state index in [0.29, 0.717) is 23.3 Å². The Morgan fingerprint density at radius 1 is 1.31 bits per heavy atom. The number of alkyl halides is 3. The molecule has 8 nitrogen and oxygen atoms in total. The van der Waals surface area contributed by atoms with E-state index in [-0.39, 0.29) is 18.8 Å². The zero-order chi connectivity index (χ0) is 25.3. The summed E-state index contributed by atoms with van der Waals surface area (Å²) in [5, 5.41) is 18.1. The molecule has 1 saturated heterocycles. The average molecular weight is 493 g/mol. The summed E-state index contributed by atoms with van der Waals surface area (Å²) in [5.41, 5.74) is 1.99. The lowest BCUT2D eigenvalue weighted by molar-refractivity contribution is -0.154. The molecule has 35 heavy (non-hydrogen) atoms. The third-order valence-corrected chi connectivity index (χ3v) is 6.22. The third kappa shape index (κ3) is 5.36. The molecule has 3 aromatic rings. The minimum absolute atomic E-state index is 0.0636. The van der Waals surface area contributed by atoms with Crippen molar-refractivity contribution in [1.82, 2.24) is 25.2 Å². The first-order chi connectivity index (χ1) is 16.5. The molecule has 0 spiro atoms. The first-order valence-electron chi connectivity index (χ1n) is 11.0. The van der Waals surface area contributed by atoms with Gasteiger partial charge in [-0.25, -0.2) is 18.7 Å². The number of benzene rings is 1. The van der Waals surface area contributed by atoms with E-state index in [4.69, 9.17) is 0 Å². The Hall–Kier alpha value is -3.70. The molecule has 4 atom stereocenters. The summed E-state index contributed by atoms with van der Waals surface area (Å²) < 4.78 is 53.7. The van der Waals surface area contributed by atoms with Crippen LogP contribution in [-0.2, 0) is 11.2 Å². The van der Waals surface area contributed by atoms with Crippen molar-refractivity contribution in [2.75, 3.05) is 0 Å². The molecule has 3 heterocycles. The lowest BCUT2D eigenvalue weighted by Crippen LogP contribution is -2.38. The Kier molecular flexibility index (Phi) is 6.64. The van der Waals surface area contributed by atoms with Crippen molar-refractivity contribution in [3.8, 4) is 0 Å². The Bertz CT molecular complexity index is 1230. The van der Waals surface area contributed by atoms with E-state index < -0.39 is 42.0 Å². The van der Waals surface area contributed by atoms with E-state index >= 15 is 0 Å². The van der Waals surface area contributed by atoms with Gasteiger partial charge in [-0.05, 0) is 48.6 Å². The highest BCUT2D eigenvalue weighted by atomic mass is 19.4. The number of hydrogen-bond donors (Lipinski definition) is 3. The van der Waals surface area contributed by atoms with E-state index in [1.165, 1.54) is 22.8 Å². The molecule has 0 saturated carbocycles. The first-order valence-corrected chi connectivity index (χ1v) is 11.0. The van der Waals surface area contributed by atoms with Crippen molar-refractivity contribution in [3.05, 3.63) is 65.4 Å². The van der Waals surface area contributed by atoms with Crippen molar-refractivity contribution in [1.29, 1.82) is 0 Å². The monoisotopic (exact) mass is 493 g/mol. The van der Waals surface area contributed by atoms with Gasteiger partial charge < -0.3 is 15.7 Å². The van der Waals surface area contributed by atoms with E-state index in [0.717, 1.165) is 5.56 Å². The van der Waals surface area contributed by atoms with Crippen molar-refractivity contribution in [3.63, 3.8) is 0 Å². The number of rotatable bonds is 7. The summed E-state index contributed by atoms with van der Waals surface area (Å²) in [6.45, 7) is 1.87. The molecule has 3 N–H and O–H groups in total. The molecule has 4 rings (SSSR count). The van der Waals surface area contributed by atoms with Crippen LogP contribution in [0, 0.1) is 11.7 Å². The van der Waals surface area contributed by atoms with Crippen LogP contribution in [0.3, 0.4) is 0 Å². The highest BCUT2D eigenvalue weighted by Crippen LogP contribution is 2.34. The van der Waals surface area contributed by atoms with Gasteiger partial charge in [0.25, 0.3) is 0 Å². The lowest BCUT2D eigenvalue weighted by Gasteiger charge is -2.25. The van der Waals surface area contributed by atoms with E-state index in [1.54, 1.807) is 24.4 Å². The van der Waals surface area contributed by atoms with E-state index in [2.05, 4.69) is 15.4 Å². The van der Waals surface area contributed by atoms with Gasteiger partial charge in [0.15, 0.2) is 5.65 Å². The van der Waals surface area contributed by atoms with Gasteiger partial charge in [-0.3, -0.25) is 4.79 Å². The lowest BCUT2D eigenvalue weighted by atomic mass is 9.87. The van der Waals surface area contributed by atoms with E-state index in [9.17, 15) is 32.3 Å². The molecule has 1 fully saturated rings. The Labute approximate surface area is 197 Å². The number of nitrogens with one attached hydrogen (secondary N) is 2. The number of fused-ring (bicyclic) bond motifs is 1. The maximum Gasteiger partial charge on any atom is 0.408 e. The quantitative estimate of drug-likeness (QED) is 0.432. The molecule has 0 bridgehead atoms. The van der Waals surface area contributed by atoms with Crippen LogP contribution >= 0.6 is 0 Å². The number of hydrogen-bond acceptors (Lipinski definition) is 4. The number of carboxylic acid groups (broad SMARTS) is 1. The zero-order valence-electron chi connectivity index (χ0n) is 18.6. The Balaban J connectivity index is 1.60. The van der Waals surface area contributed by atoms with Gasteiger partial charge in [0.1, 0.15) is 11.9 Å². The summed E-state index contributed by atoms with van der Waals surface area (Å²) in [6.07, 6.45) is -2.51. The number of halogens is 4. The SMILES string of the molecule is CC[C@@H](c1ccc(F)cc1)[C@H](NC(=O)O)c1cn2ncc(CC3C[C@@H](C(F)(F)F)NC3=O)cc2n1. The minimum Gasteiger partial charge on any atom is -0.465 e. The zero-order valence-corrected chi connectivity index (χ0v) is 18.6. The standard InChI is InChI=1S/C23H23F4N5O3/c1-2-16(13-3-5-15(24)6-4-13)20(31-22(34)35)17-11-32-19(29-17)8-12(10-28-32)7-14-9-18(23(25,26)27)30-21(14)33/h3-6,8,10-11,14,16,18,20,31H,2,7,9H2,1H3,(H,30,33)(H,34,35)/t14?,16-,18-,20-/m0/s1. The number of imidazole rings is 1. The molecule has 1 aliphatic rings. The van der Waals surface area contributed by atoms with Crippen LogP contribution in [0.25, 0.3) is 5.65 Å². The molecule has 2 aromatic heterocycles. The summed E-state index contributed by atoms with van der Waals surface area (Å²) >= 11 is 0. The molecule has 1 aliphatic heterocycles. The van der Waals surface area contributed by atoms with Crippen molar-refractivity contribution >= 4 is 17.6 Å². The predicted molar refractivity (Wildman–Crippen MR) is 116 cm³/mol. The predicted octanol–water partition coefficient (Wildman–Crippen LogP) is 3.98. The number of aromatic nitrogens is 3. The topological polar surface area (TPSA) is 109 Å². The highest BCUT2D eigenvalue weighted by Gasteiger charge is 2.47. The van der Waals surface area contributed by atoms with Crippen LogP contribution in [0.4, 0.5) is 22.4 Å². The maximum absolute atomic E-state index is 13.4. The summed E-state index contributed by atoms with van der Waals surface area (Å²) in [7, 11) is 0. The molecule has 1 unspecified atom stereocenters. The van der Waals surface area contributed by atoms with Gasteiger partial charge in [0.2, 0.25) is 5.91 Å². The first kappa shape index (κ1) is 24.4.